The minimum absolute atomic E-state index is 0.281. The van der Waals surface area contributed by atoms with Crippen LogP contribution in [0.3, 0.4) is 0 Å². The molecule has 0 spiro atoms. The molecule has 0 aliphatic carbocycles. The Morgan fingerprint density at radius 1 is 1.21 bits per heavy atom. The van der Waals surface area contributed by atoms with Gasteiger partial charge in [0, 0.05) is 50.5 Å². The zero-order valence-corrected chi connectivity index (χ0v) is 13.3. The molecule has 2 heterocycles. The van der Waals surface area contributed by atoms with Crippen molar-refractivity contribution in [1.82, 2.24) is 15.1 Å². The number of nitrogens with zero attached hydrogens (tertiary/aromatic N) is 2. The maximum Gasteiger partial charge on any atom is 0.164 e. The lowest BCUT2D eigenvalue weighted by atomic mass is 10.3. The van der Waals surface area contributed by atoms with Crippen molar-refractivity contribution >= 4 is 21.6 Å². The molecule has 2 rings (SSSR count). The molecule has 0 radical (unpaired) electrons. The van der Waals surface area contributed by atoms with Gasteiger partial charge >= 0.3 is 0 Å². The van der Waals surface area contributed by atoms with Crippen molar-refractivity contribution in [2.45, 2.75) is 11.8 Å². The second-order valence-corrected chi connectivity index (χ2v) is 8.69. The Labute approximate surface area is 121 Å². The zero-order chi connectivity index (χ0) is 13.7. The van der Waals surface area contributed by atoms with E-state index in [-0.39, 0.29) is 5.37 Å². The van der Waals surface area contributed by atoms with E-state index in [1.54, 1.807) is 11.8 Å². The highest BCUT2D eigenvalue weighted by Gasteiger charge is 2.30. The van der Waals surface area contributed by atoms with E-state index in [0.717, 1.165) is 57.3 Å². The molecule has 0 aromatic carbocycles. The van der Waals surface area contributed by atoms with Crippen LogP contribution in [-0.2, 0) is 9.84 Å². The quantitative estimate of drug-likeness (QED) is 0.770. The number of hydrogen-bond donors (Lipinski definition) is 1. The first-order chi connectivity index (χ1) is 9.07. The second kappa shape index (κ2) is 7.26. The summed E-state index contributed by atoms with van der Waals surface area (Å²) in [5.41, 5.74) is 0. The van der Waals surface area contributed by atoms with Gasteiger partial charge in [0.2, 0.25) is 0 Å². The third kappa shape index (κ3) is 4.90. The molecule has 0 saturated carbocycles. The molecule has 19 heavy (non-hydrogen) atoms. The molecule has 0 aromatic rings. The zero-order valence-electron chi connectivity index (χ0n) is 11.7. The molecular weight excluding hydrogens is 282 g/mol. The first-order valence-electron chi connectivity index (χ1n) is 7.01. The fraction of sp³-hybridized carbons (Fsp3) is 1.00. The van der Waals surface area contributed by atoms with Crippen LogP contribution in [-0.4, -0.2) is 87.2 Å². The van der Waals surface area contributed by atoms with Crippen LogP contribution in [0.1, 0.15) is 6.42 Å². The highest BCUT2D eigenvalue weighted by molar-refractivity contribution is 8.00. The third-order valence-corrected chi connectivity index (χ3v) is 6.51. The molecule has 2 saturated heterocycles. The van der Waals surface area contributed by atoms with Gasteiger partial charge < -0.3 is 10.2 Å². The van der Waals surface area contributed by atoms with Crippen LogP contribution in [0.5, 0.6) is 0 Å². The van der Waals surface area contributed by atoms with E-state index in [9.17, 15) is 8.42 Å². The fourth-order valence-electron chi connectivity index (χ4n) is 2.66. The number of hydrogen-bond acceptors (Lipinski definition) is 6. The van der Waals surface area contributed by atoms with Gasteiger partial charge in [-0.05, 0) is 19.5 Å². The van der Waals surface area contributed by atoms with E-state index >= 15 is 0 Å². The average Bonchev–Trinajstić information content (AvgIpc) is 2.64. The number of rotatable bonds is 4. The van der Waals surface area contributed by atoms with Gasteiger partial charge in [0.05, 0.1) is 0 Å². The summed E-state index contributed by atoms with van der Waals surface area (Å²) in [5, 5.41) is 3.11. The van der Waals surface area contributed by atoms with Gasteiger partial charge in [-0.3, -0.25) is 4.90 Å². The molecule has 0 bridgehead atoms. The summed E-state index contributed by atoms with van der Waals surface area (Å²) in [7, 11) is -2.96. The molecule has 1 atom stereocenters. The predicted octanol–water partition coefficient (Wildman–Crippen LogP) is -0.299. The molecule has 0 aromatic heterocycles. The molecule has 1 N–H and O–H groups in total. The SMILES string of the molecule is CS(=O)(=O)C1CSCCN1CCN1CCCNCC1. The predicted molar refractivity (Wildman–Crippen MR) is 81.5 cm³/mol. The van der Waals surface area contributed by atoms with Gasteiger partial charge in [-0.25, -0.2) is 8.42 Å². The Kier molecular flexibility index (Phi) is 5.95. The van der Waals surface area contributed by atoms with Crippen LogP contribution in [0.4, 0.5) is 0 Å². The van der Waals surface area contributed by atoms with Gasteiger partial charge in [0.1, 0.15) is 5.37 Å². The van der Waals surface area contributed by atoms with Crippen molar-refractivity contribution in [2.24, 2.45) is 0 Å². The molecule has 7 heteroatoms. The smallest absolute Gasteiger partial charge is 0.164 e. The fourth-order valence-corrected chi connectivity index (χ4v) is 5.63. The summed E-state index contributed by atoms with van der Waals surface area (Å²) in [6.07, 6.45) is 2.55. The summed E-state index contributed by atoms with van der Waals surface area (Å²) < 4.78 is 23.6. The van der Waals surface area contributed by atoms with Gasteiger partial charge in [-0.15, -0.1) is 0 Å². The highest BCUT2D eigenvalue weighted by atomic mass is 32.2. The molecule has 2 aliphatic rings. The van der Waals surface area contributed by atoms with E-state index in [0.29, 0.717) is 0 Å². The molecule has 5 nitrogen and oxygen atoms in total. The summed E-state index contributed by atoms with van der Waals surface area (Å²) in [4.78, 5) is 4.60. The van der Waals surface area contributed by atoms with Crippen molar-refractivity contribution in [3.05, 3.63) is 0 Å². The van der Waals surface area contributed by atoms with Gasteiger partial charge in [-0.2, -0.15) is 11.8 Å². The lowest BCUT2D eigenvalue weighted by Crippen LogP contribution is -2.49. The summed E-state index contributed by atoms with van der Waals surface area (Å²) in [6, 6.07) is 0. The number of nitrogens with one attached hydrogen (secondary N) is 1. The molecule has 2 aliphatic heterocycles. The minimum atomic E-state index is -2.96. The number of thioether (sulfide) groups is 1. The first-order valence-corrected chi connectivity index (χ1v) is 10.1. The largest absolute Gasteiger partial charge is 0.315 e. The maximum atomic E-state index is 11.8. The Hall–Kier alpha value is 0.180. The highest BCUT2D eigenvalue weighted by Crippen LogP contribution is 2.20. The second-order valence-electron chi connectivity index (χ2n) is 5.34. The van der Waals surface area contributed by atoms with Crippen molar-refractivity contribution in [2.75, 3.05) is 63.6 Å². The maximum absolute atomic E-state index is 11.8. The summed E-state index contributed by atoms with van der Waals surface area (Å²) in [6.45, 7) is 7.10. The van der Waals surface area contributed by atoms with Crippen LogP contribution in [0.2, 0.25) is 0 Å². The Morgan fingerprint density at radius 3 is 2.84 bits per heavy atom. The molecule has 1 unspecified atom stereocenters. The lowest BCUT2D eigenvalue weighted by molar-refractivity contribution is 0.207. The van der Waals surface area contributed by atoms with Crippen molar-refractivity contribution in [1.29, 1.82) is 0 Å². The van der Waals surface area contributed by atoms with Crippen LogP contribution in [0, 0.1) is 0 Å². The topological polar surface area (TPSA) is 52.7 Å². The lowest BCUT2D eigenvalue weighted by Gasteiger charge is -2.35. The average molecular weight is 307 g/mol. The van der Waals surface area contributed by atoms with Crippen LogP contribution < -0.4 is 5.32 Å². The van der Waals surface area contributed by atoms with E-state index < -0.39 is 9.84 Å². The van der Waals surface area contributed by atoms with Gasteiger partial charge in [0.15, 0.2) is 9.84 Å². The van der Waals surface area contributed by atoms with Gasteiger partial charge in [-0.1, -0.05) is 0 Å². The number of sulfone groups is 1. The summed E-state index contributed by atoms with van der Waals surface area (Å²) in [5.74, 6) is 1.77. The van der Waals surface area contributed by atoms with E-state index in [2.05, 4.69) is 15.1 Å². The summed E-state index contributed by atoms with van der Waals surface area (Å²) >= 11 is 1.75. The Balaban J connectivity index is 1.85. The Morgan fingerprint density at radius 2 is 2.05 bits per heavy atom. The van der Waals surface area contributed by atoms with E-state index in [1.807, 2.05) is 0 Å². The Bertz CT molecular complexity index is 367. The van der Waals surface area contributed by atoms with Crippen LogP contribution >= 0.6 is 11.8 Å². The van der Waals surface area contributed by atoms with E-state index in [4.69, 9.17) is 0 Å². The molecule has 2 fully saturated rings. The normalized spacial score (nSPS) is 28.2. The van der Waals surface area contributed by atoms with Crippen molar-refractivity contribution < 1.29 is 8.42 Å². The monoisotopic (exact) mass is 307 g/mol. The van der Waals surface area contributed by atoms with Gasteiger partial charge in [0.25, 0.3) is 0 Å². The van der Waals surface area contributed by atoms with Crippen molar-refractivity contribution in [3.63, 3.8) is 0 Å². The first kappa shape index (κ1) is 15.6. The third-order valence-electron chi connectivity index (χ3n) is 3.82. The van der Waals surface area contributed by atoms with Crippen LogP contribution in [0.25, 0.3) is 0 Å². The molecule has 112 valence electrons. The van der Waals surface area contributed by atoms with Crippen molar-refractivity contribution in [3.8, 4) is 0 Å². The van der Waals surface area contributed by atoms with E-state index in [1.165, 1.54) is 12.7 Å². The standard InChI is InChI=1S/C12H25N3O2S2/c1-19(16,17)12-11-18-10-9-15(12)8-7-14-5-2-3-13-4-6-14/h12-13H,2-11H2,1H3. The molecule has 0 amide bonds. The molecular formula is C12H25N3O2S2. The minimum Gasteiger partial charge on any atom is -0.315 e. The van der Waals surface area contributed by atoms with Crippen LogP contribution in [0.15, 0.2) is 0 Å².